The summed E-state index contributed by atoms with van der Waals surface area (Å²) in [4.78, 5) is 15.6. The quantitative estimate of drug-likeness (QED) is 0.674. The molecule has 26 heavy (non-hydrogen) atoms. The molecule has 0 saturated carbocycles. The van der Waals surface area contributed by atoms with Gasteiger partial charge in [0, 0.05) is 12.8 Å². The zero-order valence-corrected chi connectivity index (χ0v) is 14.4. The van der Waals surface area contributed by atoms with Crippen LogP contribution >= 0.6 is 0 Å². The van der Waals surface area contributed by atoms with Crippen LogP contribution in [0, 0.1) is 0 Å². The number of carbonyl (C=O) groups excluding carboxylic acids is 1. The van der Waals surface area contributed by atoms with Crippen LogP contribution in [0.3, 0.4) is 0 Å². The zero-order chi connectivity index (χ0) is 18.5. The third-order valence-corrected chi connectivity index (χ3v) is 3.96. The van der Waals surface area contributed by atoms with Crippen molar-refractivity contribution in [3.8, 4) is 11.4 Å². The van der Waals surface area contributed by atoms with E-state index in [1.807, 2.05) is 42.5 Å². The minimum Gasteiger partial charge on any atom is -0.494 e. The lowest BCUT2D eigenvalue weighted by Crippen LogP contribution is -2.13. The van der Waals surface area contributed by atoms with E-state index in [1.165, 1.54) is 0 Å². The van der Waals surface area contributed by atoms with Crippen LogP contribution < -0.4 is 10.5 Å². The summed E-state index contributed by atoms with van der Waals surface area (Å²) < 4.78 is 6.98. The lowest BCUT2D eigenvalue weighted by atomic mass is 10.1. The van der Waals surface area contributed by atoms with Crippen molar-refractivity contribution in [3.05, 3.63) is 71.8 Å². The molecule has 0 spiro atoms. The Bertz CT molecular complexity index is 893. The van der Waals surface area contributed by atoms with Crippen molar-refractivity contribution in [2.24, 2.45) is 5.73 Å². The number of carbonyl (C=O) groups is 1. The molecule has 0 fully saturated rings. The molecule has 3 rings (SSSR count). The van der Waals surface area contributed by atoms with Crippen molar-refractivity contribution in [1.82, 2.24) is 14.8 Å². The topological polar surface area (TPSA) is 103 Å². The lowest BCUT2D eigenvalue weighted by molar-refractivity contribution is -0.118. The summed E-state index contributed by atoms with van der Waals surface area (Å²) in [5, 5.41) is 15.1. The summed E-state index contributed by atoms with van der Waals surface area (Å²) in [5.41, 5.74) is 6.63. The molecule has 7 heteroatoms. The predicted molar refractivity (Wildman–Crippen MR) is 95.9 cm³/mol. The molecular formula is C19H20N4O3. The lowest BCUT2D eigenvalue weighted by Gasteiger charge is -2.10. The molecule has 0 aliphatic rings. The van der Waals surface area contributed by atoms with Gasteiger partial charge in [-0.2, -0.15) is 0 Å². The number of para-hydroxylation sites is 2. The van der Waals surface area contributed by atoms with E-state index in [0.29, 0.717) is 29.2 Å². The van der Waals surface area contributed by atoms with Gasteiger partial charge >= 0.3 is 0 Å². The van der Waals surface area contributed by atoms with Crippen LogP contribution in [0.25, 0.3) is 5.69 Å². The summed E-state index contributed by atoms with van der Waals surface area (Å²) >= 11 is 0. The summed E-state index contributed by atoms with van der Waals surface area (Å²) in [6.45, 7) is 0. The first-order chi connectivity index (χ1) is 12.6. The zero-order valence-electron chi connectivity index (χ0n) is 14.4. The molecule has 7 nitrogen and oxygen atoms in total. The third-order valence-electron chi connectivity index (χ3n) is 3.96. The van der Waals surface area contributed by atoms with Gasteiger partial charge < -0.3 is 15.6 Å². The van der Waals surface area contributed by atoms with Gasteiger partial charge in [0.25, 0.3) is 0 Å². The Balaban J connectivity index is 2.04. The fourth-order valence-corrected chi connectivity index (χ4v) is 2.66. The van der Waals surface area contributed by atoms with Crippen LogP contribution in [0.5, 0.6) is 5.75 Å². The summed E-state index contributed by atoms with van der Waals surface area (Å²) in [7, 11) is 1.57. The number of aryl methyl sites for hydroxylation is 1. The summed E-state index contributed by atoms with van der Waals surface area (Å²) in [6, 6.07) is 16.5. The highest BCUT2D eigenvalue weighted by Crippen LogP contribution is 2.25. The molecule has 3 aromatic rings. The SMILES string of the molecule is COc1ccccc1-n1nc([C@@H](O)c2ccccc2)nc1CCC(N)=O. The highest BCUT2D eigenvalue weighted by Gasteiger charge is 2.21. The number of aromatic nitrogens is 3. The number of hydrogen-bond acceptors (Lipinski definition) is 5. The molecule has 0 aliphatic heterocycles. The van der Waals surface area contributed by atoms with E-state index in [0.717, 1.165) is 0 Å². The van der Waals surface area contributed by atoms with Gasteiger partial charge in [-0.15, -0.1) is 5.10 Å². The maximum absolute atomic E-state index is 11.2. The van der Waals surface area contributed by atoms with E-state index >= 15 is 0 Å². The molecule has 0 aliphatic carbocycles. The maximum atomic E-state index is 11.2. The van der Waals surface area contributed by atoms with E-state index in [-0.39, 0.29) is 12.2 Å². The number of aliphatic hydroxyl groups is 1. The number of nitrogens with two attached hydrogens (primary N) is 1. The van der Waals surface area contributed by atoms with Crippen molar-refractivity contribution in [2.75, 3.05) is 7.11 Å². The van der Waals surface area contributed by atoms with Crippen LogP contribution in [0.1, 0.15) is 29.7 Å². The molecule has 1 aromatic heterocycles. The average molecular weight is 352 g/mol. The molecule has 1 amide bonds. The Morgan fingerprint density at radius 3 is 2.58 bits per heavy atom. The maximum Gasteiger partial charge on any atom is 0.217 e. The van der Waals surface area contributed by atoms with Gasteiger partial charge in [0.15, 0.2) is 5.82 Å². The number of amides is 1. The fraction of sp³-hybridized carbons (Fsp3) is 0.211. The molecule has 1 heterocycles. The average Bonchev–Trinajstić information content (AvgIpc) is 3.10. The van der Waals surface area contributed by atoms with E-state index in [2.05, 4.69) is 10.1 Å². The first kappa shape index (κ1) is 17.6. The number of aliphatic hydroxyl groups excluding tert-OH is 1. The van der Waals surface area contributed by atoms with Crippen LogP contribution in [-0.4, -0.2) is 32.9 Å². The molecule has 0 bridgehead atoms. The van der Waals surface area contributed by atoms with Crippen molar-refractivity contribution >= 4 is 5.91 Å². The van der Waals surface area contributed by atoms with Crippen molar-refractivity contribution < 1.29 is 14.6 Å². The number of benzene rings is 2. The molecular weight excluding hydrogens is 332 g/mol. The van der Waals surface area contributed by atoms with Gasteiger partial charge in [0.05, 0.1) is 7.11 Å². The standard InChI is InChI=1S/C19H20N4O3/c1-26-15-10-6-5-9-14(15)23-17(12-11-16(20)24)21-19(22-23)18(25)13-7-3-2-4-8-13/h2-10,18,25H,11-12H2,1H3,(H2,20,24)/t18-/m0/s1. The van der Waals surface area contributed by atoms with E-state index < -0.39 is 12.0 Å². The third kappa shape index (κ3) is 3.73. The Labute approximate surface area is 151 Å². The second-order valence-electron chi connectivity index (χ2n) is 5.75. The number of ether oxygens (including phenoxy) is 1. The minimum atomic E-state index is -0.973. The Kier molecular flexibility index (Phi) is 5.28. The molecule has 1 atom stereocenters. The highest BCUT2D eigenvalue weighted by molar-refractivity contribution is 5.73. The Morgan fingerprint density at radius 2 is 1.88 bits per heavy atom. The monoisotopic (exact) mass is 352 g/mol. The number of nitrogens with zero attached hydrogens (tertiary/aromatic N) is 3. The molecule has 0 unspecified atom stereocenters. The van der Waals surface area contributed by atoms with Gasteiger partial charge in [0.1, 0.15) is 23.4 Å². The van der Waals surface area contributed by atoms with Crippen molar-refractivity contribution in [3.63, 3.8) is 0 Å². The van der Waals surface area contributed by atoms with Crippen LogP contribution in [-0.2, 0) is 11.2 Å². The molecule has 134 valence electrons. The first-order valence-corrected chi connectivity index (χ1v) is 8.20. The second-order valence-corrected chi connectivity index (χ2v) is 5.75. The van der Waals surface area contributed by atoms with Gasteiger partial charge in [-0.25, -0.2) is 9.67 Å². The van der Waals surface area contributed by atoms with E-state index in [1.54, 1.807) is 23.9 Å². The number of hydrogen-bond donors (Lipinski definition) is 2. The minimum absolute atomic E-state index is 0.134. The molecule has 0 radical (unpaired) electrons. The highest BCUT2D eigenvalue weighted by atomic mass is 16.5. The molecule has 2 aromatic carbocycles. The van der Waals surface area contributed by atoms with Gasteiger partial charge in [0.2, 0.25) is 5.91 Å². The fourth-order valence-electron chi connectivity index (χ4n) is 2.66. The second kappa shape index (κ2) is 7.79. The number of primary amides is 1. The number of methoxy groups -OCH3 is 1. The van der Waals surface area contributed by atoms with Gasteiger partial charge in [-0.1, -0.05) is 42.5 Å². The van der Waals surface area contributed by atoms with Crippen molar-refractivity contribution in [2.45, 2.75) is 18.9 Å². The van der Waals surface area contributed by atoms with Gasteiger partial charge in [-0.05, 0) is 17.7 Å². The van der Waals surface area contributed by atoms with Crippen LogP contribution in [0.2, 0.25) is 0 Å². The normalized spacial score (nSPS) is 11.9. The van der Waals surface area contributed by atoms with Crippen LogP contribution in [0.4, 0.5) is 0 Å². The summed E-state index contributed by atoms with van der Waals surface area (Å²) in [6.07, 6.45) is -0.532. The van der Waals surface area contributed by atoms with E-state index in [9.17, 15) is 9.90 Å². The van der Waals surface area contributed by atoms with Crippen LogP contribution in [0.15, 0.2) is 54.6 Å². The number of rotatable bonds is 7. The summed E-state index contributed by atoms with van der Waals surface area (Å²) in [5.74, 6) is 0.961. The molecule has 3 N–H and O–H groups in total. The Hall–Kier alpha value is -3.19. The Morgan fingerprint density at radius 1 is 1.19 bits per heavy atom. The first-order valence-electron chi connectivity index (χ1n) is 8.20. The molecule has 0 saturated heterocycles. The predicted octanol–water partition coefficient (Wildman–Crippen LogP) is 1.78. The smallest absolute Gasteiger partial charge is 0.217 e. The largest absolute Gasteiger partial charge is 0.494 e. The van der Waals surface area contributed by atoms with Crippen molar-refractivity contribution in [1.29, 1.82) is 0 Å². The van der Waals surface area contributed by atoms with E-state index in [4.69, 9.17) is 10.5 Å². The van der Waals surface area contributed by atoms with Gasteiger partial charge in [-0.3, -0.25) is 4.79 Å².